The maximum absolute atomic E-state index is 13.2. The second kappa shape index (κ2) is 12.1. The average Bonchev–Trinajstić information content (AvgIpc) is 3.54. The van der Waals surface area contributed by atoms with E-state index in [1.54, 1.807) is 19.1 Å². The normalized spacial score (nSPS) is 21.5. The summed E-state index contributed by atoms with van der Waals surface area (Å²) in [5, 5.41) is 5.59. The Morgan fingerprint density at radius 3 is 2.50 bits per heavy atom. The molecule has 0 radical (unpaired) electrons. The Balaban J connectivity index is 1.33. The molecule has 0 bridgehead atoms. The lowest BCUT2D eigenvalue weighted by atomic mass is 10.1. The van der Waals surface area contributed by atoms with E-state index < -0.39 is 30.4 Å². The summed E-state index contributed by atoms with van der Waals surface area (Å²) in [6.07, 6.45) is 0.228. The Hall–Kier alpha value is -3.92. The highest BCUT2D eigenvalue weighted by Crippen LogP contribution is 2.22. The molecule has 10 nitrogen and oxygen atoms in total. The van der Waals surface area contributed by atoms with E-state index in [1.165, 1.54) is 4.90 Å². The maximum Gasteiger partial charge on any atom is 0.310 e. The average molecular weight is 523 g/mol. The number of likely N-dealkylation sites (tertiary alicyclic amines) is 1. The van der Waals surface area contributed by atoms with Crippen molar-refractivity contribution in [2.24, 2.45) is 0 Å². The van der Waals surface area contributed by atoms with Crippen LogP contribution in [0.3, 0.4) is 0 Å². The highest BCUT2D eigenvalue weighted by atomic mass is 16.7. The van der Waals surface area contributed by atoms with Crippen molar-refractivity contribution in [2.45, 2.75) is 57.2 Å². The Labute approximate surface area is 222 Å². The lowest BCUT2D eigenvalue weighted by Crippen LogP contribution is -2.54. The predicted octanol–water partition coefficient (Wildman–Crippen LogP) is 1.84. The second-order valence-electron chi connectivity index (χ2n) is 9.80. The number of hydrogen-bond donors (Lipinski definition) is 2. The Kier molecular flexibility index (Phi) is 8.62. The first-order valence-corrected chi connectivity index (χ1v) is 12.8. The van der Waals surface area contributed by atoms with Crippen molar-refractivity contribution < 1.29 is 28.7 Å². The fourth-order valence-corrected chi connectivity index (χ4v) is 4.64. The van der Waals surface area contributed by atoms with Crippen molar-refractivity contribution in [3.05, 3.63) is 65.7 Å². The van der Waals surface area contributed by atoms with Crippen LogP contribution in [0.15, 0.2) is 54.6 Å². The lowest BCUT2D eigenvalue weighted by Gasteiger charge is -2.28. The van der Waals surface area contributed by atoms with Gasteiger partial charge in [0, 0.05) is 31.9 Å². The number of anilines is 1. The Bertz CT molecular complexity index is 1150. The molecule has 3 amide bonds. The molecule has 2 aliphatic rings. The minimum Gasteiger partial charge on any atom is -0.433 e. The van der Waals surface area contributed by atoms with Crippen molar-refractivity contribution in [1.29, 1.82) is 0 Å². The smallest absolute Gasteiger partial charge is 0.310 e. The van der Waals surface area contributed by atoms with Gasteiger partial charge in [-0.05, 0) is 49.6 Å². The lowest BCUT2D eigenvalue weighted by molar-refractivity contribution is -0.168. The van der Waals surface area contributed by atoms with Crippen molar-refractivity contribution in [1.82, 2.24) is 15.5 Å². The molecule has 10 heteroatoms. The zero-order chi connectivity index (χ0) is 27.2. The third kappa shape index (κ3) is 6.49. The molecular weight excluding hydrogens is 488 g/mol. The fraction of sp³-hybridized carbons (Fsp3) is 0.429. The van der Waals surface area contributed by atoms with Gasteiger partial charge in [0.15, 0.2) is 0 Å². The molecule has 2 aromatic rings. The monoisotopic (exact) mass is 522 g/mol. The summed E-state index contributed by atoms with van der Waals surface area (Å²) in [6, 6.07) is 14.3. The topological polar surface area (TPSA) is 117 Å². The Morgan fingerprint density at radius 2 is 1.82 bits per heavy atom. The summed E-state index contributed by atoms with van der Waals surface area (Å²) in [4.78, 5) is 54.5. The standard InChI is InChI=1S/C28H34N4O6/c1-18(29-25(34)20-11-13-21(14-12-20)31(2)3)27(36)32-15-7-10-23(32)26(35)30-22-16-24(33)38-28(22)37-17-19-8-5-4-6-9-19/h4-6,8-9,11-14,18,22-23,28H,7,10,15-17H2,1-3H3,(H,29,34)(H,30,35)/t18-,22-,23-,28+/m0/s1. The highest BCUT2D eigenvalue weighted by Gasteiger charge is 2.41. The van der Waals surface area contributed by atoms with Crippen LogP contribution in [0.25, 0.3) is 0 Å². The molecule has 38 heavy (non-hydrogen) atoms. The van der Waals surface area contributed by atoms with Crippen molar-refractivity contribution in [2.75, 3.05) is 25.5 Å². The summed E-state index contributed by atoms with van der Waals surface area (Å²) in [5.41, 5.74) is 2.31. The van der Waals surface area contributed by atoms with E-state index in [-0.39, 0.29) is 30.7 Å². The second-order valence-corrected chi connectivity index (χ2v) is 9.80. The van der Waals surface area contributed by atoms with E-state index in [2.05, 4.69) is 10.6 Å². The van der Waals surface area contributed by atoms with Gasteiger partial charge in [-0.25, -0.2) is 0 Å². The number of cyclic esters (lactones) is 1. The zero-order valence-electron chi connectivity index (χ0n) is 21.9. The molecule has 2 saturated heterocycles. The van der Waals surface area contributed by atoms with Gasteiger partial charge in [0.2, 0.25) is 18.1 Å². The molecular formula is C28H34N4O6. The molecule has 4 atom stereocenters. The summed E-state index contributed by atoms with van der Waals surface area (Å²) in [6.45, 7) is 2.25. The van der Waals surface area contributed by atoms with E-state index in [4.69, 9.17) is 9.47 Å². The number of benzene rings is 2. The van der Waals surface area contributed by atoms with Gasteiger partial charge in [-0.2, -0.15) is 0 Å². The van der Waals surface area contributed by atoms with Crippen LogP contribution in [0.1, 0.15) is 42.1 Å². The molecule has 2 aliphatic heterocycles. The van der Waals surface area contributed by atoms with Crippen LogP contribution in [-0.2, 0) is 30.5 Å². The number of hydrogen-bond acceptors (Lipinski definition) is 7. The van der Waals surface area contributed by atoms with E-state index in [0.717, 1.165) is 11.3 Å². The van der Waals surface area contributed by atoms with Crippen molar-refractivity contribution >= 4 is 29.4 Å². The first kappa shape index (κ1) is 27.1. The maximum atomic E-state index is 13.2. The fourth-order valence-electron chi connectivity index (χ4n) is 4.64. The molecule has 202 valence electrons. The number of amides is 3. The van der Waals surface area contributed by atoms with Gasteiger partial charge in [0.1, 0.15) is 18.1 Å². The molecule has 2 aromatic carbocycles. The molecule has 2 heterocycles. The summed E-state index contributed by atoms with van der Waals surface area (Å²) < 4.78 is 11.0. The van der Waals surface area contributed by atoms with Gasteiger partial charge in [0.25, 0.3) is 5.91 Å². The number of rotatable bonds is 9. The third-order valence-corrected chi connectivity index (χ3v) is 6.75. The zero-order valence-corrected chi connectivity index (χ0v) is 21.9. The van der Waals surface area contributed by atoms with Crippen LogP contribution >= 0.6 is 0 Å². The van der Waals surface area contributed by atoms with Crippen LogP contribution in [0.5, 0.6) is 0 Å². The van der Waals surface area contributed by atoms with Gasteiger partial charge in [-0.1, -0.05) is 30.3 Å². The Morgan fingerprint density at radius 1 is 1.11 bits per heavy atom. The first-order valence-electron chi connectivity index (χ1n) is 12.8. The molecule has 0 aliphatic carbocycles. The molecule has 0 aromatic heterocycles. The minimum atomic E-state index is -0.908. The number of nitrogens with one attached hydrogen (secondary N) is 2. The highest BCUT2D eigenvalue weighted by molar-refractivity contribution is 5.98. The van der Waals surface area contributed by atoms with Gasteiger partial charge < -0.3 is 29.9 Å². The number of esters is 1. The summed E-state index contributed by atoms with van der Waals surface area (Å²) in [7, 11) is 3.82. The number of ether oxygens (including phenoxy) is 2. The number of carbonyl (C=O) groups excluding carboxylic acids is 4. The molecule has 4 rings (SSSR count). The van der Waals surface area contributed by atoms with Crippen LogP contribution in [0.2, 0.25) is 0 Å². The largest absolute Gasteiger partial charge is 0.433 e. The molecule has 2 fully saturated rings. The van der Waals surface area contributed by atoms with Gasteiger partial charge in [-0.15, -0.1) is 0 Å². The van der Waals surface area contributed by atoms with Crippen LogP contribution in [-0.4, -0.2) is 73.6 Å². The van der Waals surface area contributed by atoms with E-state index in [1.807, 2.05) is 61.5 Å². The SMILES string of the molecule is C[C@H](NC(=O)c1ccc(N(C)C)cc1)C(=O)N1CCC[C@H]1C(=O)N[C@H]1CC(=O)O[C@H]1OCc1ccccc1. The molecule has 0 spiro atoms. The van der Waals surface area contributed by atoms with Crippen LogP contribution < -0.4 is 15.5 Å². The van der Waals surface area contributed by atoms with E-state index in [0.29, 0.717) is 24.9 Å². The summed E-state index contributed by atoms with van der Waals surface area (Å²) in [5.74, 6) is -1.53. The van der Waals surface area contributed by atoms with E-state index in [9.17, 15) is 19.2 Å². The molecule has 2 N–H and O–H groups in total. The van der Waals surface area contributed by atoms with Crippen molar-refractivity contribution in [3.8, 4) is 0 Å². The van der Waals surface area contributed by atoms with E-state index >= 15 is 0 Å². The molecule has 0 saturated carbocycles. The summed E-state index contributed by atoms with van der Waals surface area (Å²) >= 11 is 0. The van der Waals surface area contributed by atoms with Gasteiger partial charge in [-0.3, -0.25) is 19.2 Å². The first-order chi connectivity index (χ1) is 18.2. The molecule has 0 unspecified atom stereocenters. The minimum absolute atomic E-state index is 0.00899. The number of carbonyl (C=O) groups is 4. The van der Waals surface area contributed by atoms with Crippen LogP contribution in [0, 0.1) is 0 Å². The third-order valence-electron chi connectivity index (χ3n) is 6.75. The van der Waals surface area contributed by atoms with Crippen molar-refractivity contribution in [3.63, 3.8) is 0 Å². The van der Waals surface area contributed by atoms with Gasteiger partial charge >= 0.3 is 5.97 Å². The quantitative estimate of drug-likeness (QED) is 0.483. The van der Waals surface area contributed by atoms with Gasteiger partial charge in [0.05, 0.1) is 13.0 Å². The van der Waals surface area contributed by atoms with Crippen LogP contribution in [0.4, 0.5) is 5.69 Å². The predicted molar refractivity (Wildman–Crippen MR) is 140 cm³/mol. The number of nitrogens with zero attached hydrogens (tertiary/aromatic N) is 2.